The van der Waals surface area contributed by atoms with Gasteiger partial charge in [0, 0.05) is 24.1 Å². The fraction of sp³-hybridized carbons (Fsp3) is 0.652. The van der Waals surface area contributed by atoms with Gasteiger partial charge in [-0.1, -0.05) is 19.1 Å². The Kier molecular flexibility index (Phi) is 10.8. The number of carbonyl (C=O) groups excluding carboxylic acids is 2. The number of hydrogen-bond acceptors (Lipinski definition) is 6. The van der Waals surface area contributed by atoms with Gasteiger partial charge in [-0.15, -0.1) is 0 Å². The van der Waals surface area contributed by atoms with E-state index in [1.165, 1.54) is 0 Å². The van der Waals surface area contributed by atoms with Crippen LogP contribution >= 0.6 is 0 Å². The molecule has 1 aliphatic rings. The number of nitrogen functional groups attached to an aromatic ring is 1. The van der Waals surface area contributed by atoms with E-state index in [0.717, 1.165) is 31.2 Å². The summed E-state index contributed by atoms with van der Waals surface area (Å²) in [6.45, 7) is 4.96. The molecule has 8 nitrogen and oxygen atoms in total. The molecule has 0 bridgehead atoms. The van der Waals surface area contributed by atoms with E-state index in [4.69, 9.17) is 15.2 Å². The minimum absolute atomic E-state index is 0.00372. The lowest BCUT2D eigenvalue weighted by Crippen LogP contribution is -2.45. The number of anilines is 1. The molecule has 0 spiro atoms. The van der Waals surface area contributed by atoms with E-state index in [-0.39, 0.29) is 31.3 Å². The predicted octanol–water partition coefficient (Wildman–Crippen LogP) is 2.64. The third kappa shape index (κ3) is 8.85. The quantitative estimate of drug-likeness (QED) is 0.132. The molecular weight excluding hydrogens is 398 g/mol. The maximum Gasteiger partial charge on any atom is 0.246 e. The highest BCUT2D eigenvalue weighted by Gasteiger charge is 2.29. The zero-order chi connectivity index (χ0) is 22.6. The van der Waals surface area contributed by atoms with Gasteiger partial charge in [-0.3, -0.25) is 14.8 Å². The van der Waals surface area contributed by atoms with Gasteiger partial charge in [0.25, 0.3) is 0 Å². The van der Waals surface area contributed by atoms with Crippen LogP contribution in [0.15, 0.2) is 24.3 Å². The summed E-state index contributed by atoms with van der Waals surface area (Å²) in [4.78, 5) is 25.2. The lowest BCUT2D eigenvalue weighted by Gasteiger charge is -2.29. The first-order valence-corrected chi connectivity index (χ1v) is 11.2. The molecule has 8 heteroatoms. The molecule has 1 aromatic rings. The van der Waals surface area contributed by atoms with Crippen LogP contribution in [0.3, 0.4) is 0 Å². The van der Waals surface area contributed by atoms with Crippen LogP contribution in [0.25, 0.3) is 0 Å². The molecule has 0 heterocycles. The molecule has 0 saturated heterocycles. The Morgan fingerprint density at radius 1 is 1.23 bits per heavy atom. The van der Waals surface area contributed by atoms with Crippen LogP contribution in [0.4, 0.5) is 5.69 Å². The molecule has 2 atom stereocenters. The van der Waals surface area contributed by atoms with E-state index in [1.807, 2.05) is 19.1 Å². The first kappa shape index (κ1) is 25.1. The molecule has 174 valence electrons. The second-order valence-corrected chi connectivity index (χ2v) is 8.50. The summed E-state index contributed by atoms with van der Waals surface area (Å²) >= 11 is 0. The van der Waals surface area contributed by atoms with Crippen molar-refractivity contribution >= 4 is 17.5 Å². The molecule has 0 aromatic heterocycles. The number of nitrogens with one attached hydrogen (secondary N) is 2. The Morgan fingerprint density at radius 2 is 1.97 bits per heavy atom. The van der Waals surface area contributed by atoms with Gasteiger partial charge in [-0.05, 0) is 69.1 Å². The third-order valence-electron chi connectivity index (χ3n) is 5.91. The van der Waals surface area contributed by atoms with Crippen LogP contribution in [0.2, 0.25) is 0 Å². The van der Waals surface area contributed by atoms with E-state index in [1.54, 1.807) is 17.6 Å². The van der Waals surface area contributed by atoms with E-state index < -0.39 is 11.8 Å². The van der Waals surface area contributed by atoms with E-state index in [9.17, 15) is 14.8 Å². The monoisotopic (exact) mass is 435 g/mol. The number of amides is 2. The molecule has 1 saturated carbocycles. The highest BCUT2D eigenvalue weighted by atomic mass is 16.7. The van der Waals surface area contributed by atoms with E-state index >= 15 is 0 Å². The highest BCUT2D eigenvalue weighted by molar-refractivity contribution is 5.80. The van der Waals surface area contributed by atoms with Crippen LogP contribution in [0.1, 0.15) is 51.5 Å². The molecule has 1 aliphatic carbocycles. The molecule has 2 rings (SSSR count). The van der Waals surface area contributed by atoms with Crippen molar-refractivity contribution in [3.63, 3.8) is 0 Å². The highest BCUT2D eigenvalue weighted by Crippen LogP contribution is 2.28. The SMILES string of the molecule is CCOCOC[C@H](C[C@H](Cc1cccc(N)c1)C(=O)NO)NC(=O)[C@H]1CC[C@H](C)CC1. The maximum atomic E-state index is 12.9. The smallest absolute Gasteiger partial charge is 0.246 e. The maximum absolute atomic E-state index is 12.9. The fourth-order valence-corrected chi connectivity index (χ4v) is 4.06. The number of nitrogens with two attached hydrogens (primary N) is 1. The van der Waals surface area contributed by atoms with Gasteiger partial charge in [-0.25, -0.2) is 5.48 Å². The van der Waals surface area contributed by atoms with Crippen molar-refractivity contribution in [1.82, 2.24) is 10.8 Å². The number of rotatable bonds is 12. The first-order valence-electron chi connectivity index (χ1n) is 11.2. The largest absolute Gasteiger partial charge is 0.399 e. The second-order valence-electron chi connectivity index (χ2n) is 8.50. The van der Waals surface area contributed by atoms with Gasteiger partial charge in [0.05, 0.1) is 12.6 Å². The summed E-state index contributed by atoms with van der Waals surface area (Å²) < 4.78 is 10.8. The Balaban J connectivity index is 2.05. The number of carbonyl (C=O) groups is 2. The van der Waals surface area contributed by atoms with Crippen molar-refractivity contribution < 1.29 is 24.3 Å². The van der Waals surface area contributed by atoms with E-state index in [2.05, 4.69) is 12.2 Å². The predicted molar refractivity (Wildman–Crippen MR) is 118 cm³/mol. The van der Waals surface area contributed by atoms with Gasteiger partial charge in [0.2, 0.25) is 11.8 Å². The standard InChI is InChI=1S/C23H37N3O5/c1-3-30-15-31-14-21(25-22(27)18-9-7-16(2)8-10-18)13-19(23(28)26-29)11-17-5-4-6-20(24)12-17/h4-6,12,16,18-19,21,29H,3,7-11,13-15,24H2,1-2H3,(H,25,27)(H,26,28)/t16-,18-,19-,21-/m0/s1. The van der Waals surface area contributed by atoms with Gasteiger partial charge in [-0.2, -0.15) is 0 Å². The van der Waals surface area contributed by atoms with Crippen molar-refractivity contribution in [2.45, 2.75) is 58.4 Å². The molecule has 31 heavy (non-hydrogen) atoms. The van der Waals surface area contributed by atoms with Crippen molar-refractivity contribution in [3.05, 3.63) is 29.8 Å². The summed E-state index contributed by atoms with van der Waals surface area (Å²) in [5.41, 5.74) is 9.10. The molecule has 5 N–H and O–H groups in total. The van der Waals surface area contributed by atoms with Crippen LogP contribution in [-0.2, 0) is 25.5 Å². The van der Waals surface area contributed by atoms with Gasteiger partial charge < -0.3 is 20.5 Å². The lowest BCUT2D eigenvalue weighted by molar-refractivity contribution is -0.135. The Bertz CT molecular complexity index is 692. The molecule has 0 aliphatic heterocycles. The van der Waals surface area contributed by atoms with Crippen molar-refractivity contribution in [3.8, 4) is 0 Å². The molecule has 0 unspecified atom stereocenters. The molecule has 0 radical (unpaired) electrons. The van der Waals surface area contributed by atoms with Crippen molar-refractivity contribution in [2.75, 3.05) is 25.7 Å². The van der Waals surface area contributed by atoms with Crippen LogP contribution in [0.5, 0.6) is 0 Å². The third-order valence-corrected chi connectivity index (χ3v) is 5.91. The van der Waals surface area contributed by atoms with Crippen molar-refractivity contribution in [1.29, 1.82) is 0 Å². The van der Waals surface area contributed by atoms with Crippen LogP contribution in [-0.4, -0.2) is 43.1 Å². The summed E-state index contributed by atoms with van der Waals surface area (Å²) in [7, 11) is 0. The fourth-order valence-electron chi connectivity index (χ4n) is 4.06. The Morgan fingerprint density at radius 3 is 2.61 bits per heavy atom. The zero-order valence-electron chi connectivity index (χ0n) is 18.6. The molecular formula is C23H37N3O5. The van der Waals surface area contributed by atoms with Gasteiger partial charge in [0.15, 0.2) is 0 Å². The topological polar surface area (TPSA) is 123 Å². The molecule has 2 amide bonds. The van der Waals surface area contributed by atoms with Crippen LogP contribution < -0.4 is 16.5 Å². The summed E-state index contributed by atoms with van der Waals surface area (Å²) in [5.74, 6) is -0.406. The molecule has 1 aromatic carbocycles. The average Bonchev–Trinajstić information content (AvgIpc) is 2.76. The van der Waals surface area contributed by atoms with Crippen molar-refractivity contribution in [2.24, 2.45) is 17.8 Å². The normalized spacial score (nSPS) is 20.6. The van der Waals surface area contributed by atoms with E-state index in [0.29, 0.717) is 31.1 Å². The first-order chi connectivity index (χ1) is 14.9. The Labute approximate surface area is 184 Å². The molecule has 1 fully saturated rings. The average molecular weight is 436 g/mol. The minimum atomic E-state index is -0.556. The summed E-state index contributed by atoms with van der Waals surface area (Å²) in [5, 5.41) is 12.3. The summed E-state index contributed by atoms with van der Waals surface area (Å²) in [6, 6.07) is 6.92. The zero-order valence-corrected chi connectivity index (χ0v) is 18.6. The van der Waals surface area contributed by atoms with Gasteiger partial charge in [0.1, 0.15) is 6.79 Å². The van der Waals surface area contributed by atoms with Gasteiger partial charge >= 0.3 is 0 Å². The second kappa shape index (κ2) is 13.3. The van der Waals surface area contributed by atoms with Crippen LogP contribution in [0, 0.1) is 17.8 Å². The number of ether oxygens (including phenoxy) is 2. The summed E-state index contributed by atoms with van der Waals surface area (Å²) in [6.07, 6.45) is 4.56. The minimum Gasteiger partial charge on any atom is -0.399 e. The number of benzene rings is 1. The Hall–Kier alpha value is -2.16. The number of hydrogen-bond donors (Lipinski definition) is 4. The lowest BCUT2D eigenvalue weighted by atomic mass is 9.82. The number of hydroxylamine groups is 1.